The molecule has 0 aromatic rings. The molecule has 0 aromatic heterocycles. The number of hydrogen-bond donors (Lipinski definition) is 0. The Labute approximate surface area is 91.9 Å². The van der Waals surface area contributed by atoms with E-state index in [9.17, 15) is 4.79 Å². The van der Waals surface area contributed by atoms with Gasteiger partial charge in [-0.2, -0.15) is 0 Å². The lowest BCUT2D eigenvalue weighted by Gasteiger charge is -2.49. The fraction of sp³-hybridized carbons (Fsp3) is 0.786. The monoisotopic (exact) mass is 204 g/mol. The Hall–Kier alpha value is -0.590. The summed E-state index contributed by atoms with van der Waals surface area (Å²) in [4.78, 5) is 12.0. The highest BCUT2D eigenvalue weighted by atomic mass is 16.1. The summed E-state index contributed by atoms with van der Waals surface area (Å²) in [6.45, 7) is 6.50. The highest BCUT2D eigenvalue weighted by Gasteiger charge is 2.55. The lowest BCUT2D eigenvalue weighted by Crippen LogP contribution is -2.45. The van der Waals surface area contributed by atoms with E-state index in [1.807, 2.05) is 0 Å². The maximum atomic E-state index is 12.0. The highest BCUT2D eigenvalue weighted by Crippen LogP contribution is 2.62. The van der Waals surface area contributed by atoms with Gasteiger partial charge in [0.25, 0.3) is 0 Å². The van der Waals surface area contributed by atoms with Crippen molar-refractivity contribution in [1.82, 2.24) is 0 Å². The number of carbonyl (C=O) groups excluding carboxylic acids is 1. The lowest BCUT2D eigenvalue weighted by atomic mass is 9.54. The van der Waals surface area contributed by atoms with Crippen molar-refractivity contribution in [2.75, 3.05) is 0 Å². The van der Waals surface area contributed by atoms with Crippen LogP contribution in [-0.2, 0) is 4.79 Å². The largest absolute Gasteiger partial charge is 0.299 e. The molecule has 0 saturated heterocycles. The summed E-state index contributed by atoms with van der Waals surface area (Å²) in [6, 6.07) is 0. The van der Waals surface area contributed by atoms with E-state index in [1.165, 1.54) is 24.8 Å². The van der Waals surface area contributed by atoms with Crippen LogP contribution in [0.25, 0.3) is 0 Å². The zero-order chi connectivity index (χ0) is 10.6. The fourth-order valence-corrected chi connectivity index (χ4v) is 4.47. The van der Waals surface area contributed by atoms with Crippen molar-refractivity contribution in [1.29, 1.82) is 0 Å². The first kappa shape index (κ1) is 9.62. The Morgan fingerprint density at radius 2 is 2.20 bits per heavy atom. The van der Waals surface area contributed by atoms with Crippen LogP contribution in [0.3, 0.4) is 0 Å². The SMILES string of the molecule is C=C1CC[C@@]23C[C@@H]1C(=O)C[C@@H]2CC[C@H]3C. The maximum Gasteiger partial charge on any atom is 0.140 e. The van der Waals surface area contributed by atoms with Crippen molar-refractivity contribution in [3.05, 3.63) is 12.2 Å². The lowest BCUT2D eigenvalue weighted by molar-refractivity contribution is -0.131. The van der Waals surface area contributed by atoms with Crippen molar-refractivity contribution in [2.45, 2.75) is 45.4 Å². The van der Waals surface area contributed by atoms with E-state index in [1.54, 1.807) is 0 Å². The predicted molar refractivity (Wildman–Crippen MR) is 60.4 cm³/mol. The van der Waals surface area contributed by atoms with Gasteiger partial charge < -0.3 is 0 Å². The van der Waals surface area contributed by atoms with Crippen LogP contribution in [0.15, 0.2) is 12.2 Å². The second kappa shape index (κ2) is 2.96. The molecule has 3 aliphatic rings. The number of allylic oxidation sites excluding steroid dienone is 1. The number of Topliss-reactive ketones (excluding diaryl/α,β-unsaturated/α-hetero) is 1. The quantitative estimate of drug-likeness (QED) is 0.553. The topological polar surface area (TPSA) is 17.1 Å². The Morgan fingerprint density at radius 1 is 1.40 bits per heavy atom. The van der Waals surface area contributed by atoms with E-state index in [-0.39, 0.29) is 5.92 Å². The van der Waals surface area contributed by atoms with Crippen LogP contribution >= 0.6 is 0 Å². The van der Waals surface area contributed by atoms with Gasteiger partial charge in [0, 0.05) is 12.3 Å². The molecule has 82 valence electrons. The molecule has 1 nitrogen and oxygen atoms in total. The molecule has 4 atom stereocenters. The van der Waals surface area contributed by atoms with E-state index < -0.39 is 0 Å². The Kier molecular flexibility index (Phi) is 1.90. The molecule has 3 fully saturated rings. The Morgan fingerprint density at radius 3 is 3.00 bits per heavy atom. The molecule has 0 aromatic carbocycles. The standard InChI is InChI=1S/C14H20O/c1-9-5-6-14-8-12(9)13(15)7-11(14)4-3-10(14)2/h10-12H,1,3-8H2,2H3/t10-,11+,12+,14+/m1/s1. The van der Waals surface area contributed by atoms with Gasteiger partial charge in [-0.15, -0.1) is 0 Å². The number of ketones is 1. The zero-order valence-corrected chi connectivity index (χ0v) is 9.59. The predicted octanol–water partition coefficient (Wildman–Crippen LogP) is 3.35. The molecule has 0 N–H and O–H groups in total. The normalized spacial score (nSPS) is 49.3. The molecule has 15 heavy (non-hydrogen) atoms. The van der Waals surface area contributed by atoms with Crippen molar-refractivity contribution in [3.8, 4) is 0 Å². The smallest absolute Gasteiger partial charge is 0.140 e. The second-order valence-corrected chi connectivity index (χ2v) is 5.99. The molecule has 0 heterocycles. The molecule has 3 aliphatic carbocycles. The van der Waals surface area contributed by atoms with Crippen LogP contribution in [0.4, 0.5) is 0 Å². The molecular formula is C14H20O. The summed E-state index contributed by atoms with van der Waals surface area (Å²) in [5.74, 6) is 2.28. The van der Waals surface area contributed by atoms with Crippen molar-refractivity contribution < 1.29 is 4.79 Å². The minimum Gasteiger partial charge on any atom is -0.299 e. The van der Waals surface area contributed by atoms with Crippen molar-refractivity contribution in [3.63, 3.8) is 0 Å². The second-order valence-electron chi connectivity index (χ2n) is 5.99. The number of hydrogen-bond acceptors (Lipinski definition) is 1. The van der Waals surface area contributed by atoms with Crippen LogP contribution in [-0.4, -0.2) is 5.78 Å². The molecule has 3 saturated carbocycles. The van der Waals surface area contributed by atoms with E-state index in [2.05, 4.69) is 13.5 Å². The molecular weight excluding hydrogens is 184 g/mol. The summed E-state index contributed by atoms with van der Waals surface area (Å²) < 4.78 is 0. The summed E-state index contributed by atoms with van der Waals surface area (Å²) >= 11 is 0. The molecule has 0 unspecified atom stereocenters. The van der Waals surface area contributed by atoms with Gasteiger partial charge in [0.15, 0.2) is 0 Å². The van der Waals surface area contributed by atoms with Crippen LogP contribution in [0.2, 0.25) is 0 Å². The Bertz CT molecular complexity index is 330. The van der Waals surface area contributed by atoms with E-state index in [4.69, 9.17) is 0 Å². The van der Waals surface area contributed by atoms with Crippen LogP contribution < -0.4 is 0 Å². The van der Waals surface area contributed by atoms with Gasteiger partial charge in [-0.25, -0.2) is 0 Å². The molecule has 0 radical (unpaired) electrons. The maximum absolute atomic E-state index is 12.0. The van der Waals surface area contributed by atoms with Gasteiger partial charge in [0.05, 0.1) is 0 Å². The number of rotatable bonds is 0. The molecule has 2 bridgehead atoms. The third kappa shape index (κ3) is 1.12. The van der Waals surface area contributed by atoms with Gasteiger partial charge >= 0.3 is 0 Å². The third-order valence-corrected chi connectivity index (χ3v) is 5.57. The van der Waals surface area contributed by atoms with E-state index in [0.717, 1.165) is 25.2 Å². The van der Waals surface area contributed by atoms with Gasteiger partial charge in [-0.05, 0) is 49.4 Å². The van der Waals surface area contributed by atoms with Gasteiger partial charge in [-0.3, -0.25) is 4.79 Å². The molecule has 0 aliphatic heterocycles. The Balaban J connectivity index is 1.99. The van der Waals surface area contributed by atoms with Gasteiger partial charge in [0.2, 0.25) is 0 Å². The van der Waals surface area contributed by atoms with E-state index in [0.29, 0.717) is 17.1 Å². The average Bonchev–Trinajstić information content (AvgIpc) is 2.52. The fourth-order valence-electron chi connectivity index (χ4n) is 4.47. The van der Waals surface area contributed by atoms with Crippen molar-refractivity contribution >= 4 is 5.78 Å². The third-order valence-electron chi connectivity index (χ3n) is 5.57. The summed E-state index contributed by atoms with van der Waals surface area (Å²) in [7, 11) is 0. The van der Waals surface area contributed by atoms with Crippen molar-refractivity contribution in [2.24, 2.45) is 23.2 Å². The van der Waals surface area contributed by atoms with Crippen LogP contribution in [0.1, 0.15) is 45.4 Å². The summed E-state index contributed by atoms with van der Waals surface area (Å²) in [6.07, 6.45) is 7.05. The molecule has 0 amide bonds. The highest BCUT2D eigenvalue weighted by molar-refractivity contribution is 5.85. The first-order chi connectivity index (χ1) is 7.13. The zero-order valence-electron chi connectivity index (χ0n) is 9.59. The van der Waals surface area contributed by atoms with Crippen LogP contribution in [0.5, 0.6) is 0 Å². The average molecular weight is 204 g/mol. The minimum atomic E-state index is 0.232. The molecule has 1 heteroatoms. The minimum absolute atomic E-state index is 0.232. The van der Waals surface area contributed by atoms with Gasteiger partial charge in [-0.1, -0.05) is 19.1 Å². The van der Waals surface area contributed by atoms with Crippen LogP contribution in [0, 0.1) is 23.2 Å². The summed E-state index contributed by atoms with van der Waals surface area (Å²) in [5, 5.41) is 0. The number of fused-ring (bicyclic) bond motifs is 1. The molecule has 1 spiro atoms. The summed E-state index contributed by atoms with van der Waals surface area (Å²) in [5.41, 5.74) is 1.75. The van der Waals surface area contributed by atoms with E-state index >= 15 is 0 Å². The first-order valence-electron chi connectivity index (χ1n) is 6.34. The van der Waals surface area contributed by atoms with Gasteiger partial charge in [0.1, 0.15) is 5.78 Å². The first-order valence-corrected chi connectivity index (χ1v) is 6.34. The number of carbonyl (C=O) groups is 1. The molecule has 3 rings (SSSR count).